The minimum absolute atomic E-state index is 0.0652. The lowest BCUT2D eigenvalue weighted by Crippen LogP contribution is -2.26. The van der Waals surface area contributed by atoms with Crippen molar-refractivity contribution in [3.8, 4) is 16.9 Å². The zero-order valence-corrected chi connectivity index (χ0v) is 18.2. The van der Waals surface area contributed by atoms with Gasteiger partial charge in [-0.15, -0.1) is 0 Å². The molecule has 6 nitrogen and oxygen atoms in total. The van der Waals surface area contributed by atoms with Gasteiger partial charge in [0.1, 0.15) is 5.75 Å². The number of carbonyl (C=O) groups excluding carboxylic acids is 2. The number of benzene rings is 3. The number of carboxylic acids is 1. The highest BCUT2D eigenvalue weighted by Gasteiger charge is 2.30. The summed E-state index contributed by atoms with van der Waals surface area (Å²) >= 11 is 0. The summed E-state index contributed by atoms with van der Waals surface area (Å²) in [6.07, 6.45) is -0.0652. The number of methoxy groups -OCH3 is 1. The molecule has 32 heavy (non-hydrogen) atoms. The van der Waals surface area contributed by atoms with Crippen LogP contribution >= 0.6 is 0 Å². The largest absolute Gasteiger partial charge is 0.497 e. The number of hydrogen-bond donors (Lipinski definition) is 2. The quantitative estimate of drug-likeness (QED) is 0.472. The Morgan fingerprint density at radius 3 is 1.81 bits per heavy atom. The van der Waals surface area contributed by atoms with E-state index in [9.17, 15) is 19.5 Å². The highest BCUT2D eigenvalue weighted by Crippen LogP contribution is 2.26. The molecule has 0 unspecified atom stereocenters. The average Bonchev–Trinajstić information content (AvgIpc) is 2.79. The van der Waals surface area contributed by atoms with Crippen LogP contribution in [-0.4, -0.2) is 29.9 Å². The molecule has 6 heteroatoms. The van der Waals surface area contributed by atoms with E-state index in [0.29, 0.717) is 22.6 Å². The lowest BCUT2D eigenvalue weighted by molar-refractivity contribution is -0.146. The van der Waals surface area contributed by atoms with Gasteiger partial charge in [0.25, 0.3) is 5.91 Å². The lowest BCUT2D eigenvalue weighted by atomic mass is 9.85. The number of ether oxygens (including phenoxy) is 1. The molecule has 0 atom stereocenters. The number of carbonyl (C=O) groups is 3. The molecule has 0 aliphatic rings. The third-order valence-electron chi connectivity index (χ3n) is 5.22. The molecule has 0 saturated heterocycles. The number of aliphatic carboxylic acids is 1. The number of ketones is 1. The molecule has 0 fully saturated rings. The summed E-state index contributed by atoms with van der Waals surface area (Å²) in [6, 6.07) is 21.3. The number of carboxylic acid groups (broad SMARTS) is 1. The van der Waals surface area contributed by atoms with Crippen molar-refractivity contribution >= 4 is 23.3 Å². The topological polar surface area (TPSA) is 92.7 Å². The number of amides is 1. The fourth-order valence-electron chi connectivity index (χ4n) is 3.12. The van der Waals surface area contributed by atoms with E-state index in [4.69, 9.17) is 4.74 Å². The summed E-state index contributed by atoms with van der Waals surface area (Å²) in [4.78, 5) is 36.0. The smallest absolute Gasteiger partial charge is 0.309 e. The average molecular weight is 431 g/mol. The van der Waals surface area contributed by atoms with Gasteiger partial charge in [0.05, 0.1) is 12.5 Å². The Balaban J connectivity index is 1.66. The van der Waals surface area contributed by atoms with Crippen LogP contribution in [0.25, 0.3) is 11.1 Å². The second kappa shape index (κ2) is 9.47. The van der Waals surface area contributed by atoms with Crippen LogP contribution in [0.3, 0.4) is 0 Å². The van der Waals surface area contributed by atoms with Crippen molar-refractivity contribution in [2.45, 2.75) is 20.3 Å². The number of rotatable bonds is 8. The number of hydrogen-bond acceptors (Lipinski definition) is 4. The van der Waals surface area contributed by atoms with Crippen LogP contribution in [0.2, 0.25) is 0 Å². The van der Waals surface area contributed by atoms with Crippen LogP contribution in [0.1, 0.15) is 41.0 Å². The van der Waals surface area contributed by atoms with E-state index < -0.39 is 11.4 Å². The first-order valence-corrected chi connectivity index (χ1v) is 10.1. The van der Waals surface area contributed by atoms with Gasteiger partial charge < -0.3 is 15.2 Å². The molecule has 3 rings (SSSR count). The molecule has 164 valence electrons. The Morgan fingerprint density at radius 1 is 0.812 bits per heavy atom. The lowest BCUT2D eigenvalue weighted by Gasteiger charge is -2.17. The van der Waals surface area contributed by atoms with E-state index in [2.05, 4.69) is 5.32 Å². The molecule has 0 radical (unpaired) electrons. The van der Waals surface area contributed by atoms with Crippen LogP contribution < -0.4 is 10.1 Å². The highest BCUT2D eigenvalue weighted by molar-refractivity contribution is 6.04. The van der Waals surface area contributed by atoms with Gasteiger partial charge >= 0.3 is 5.97 Å². The molecule has 0 bridgehead atoms. The van der Waals surface area contributed by atoms with Crippen molar-refractivity contribution in [3.63, 3.8) is 0 Å². The molecular weight excluding hydrogens is 406 g/mol. The zero-order valence-electron chi connectivity index (χ0n) is 18.2. The molecule has 0 spiro atoms. The highest BCUT2D eigenvalue weighted by atomic mass is 16.5. The molecule has 3 aromatic rings. The Kier molecular flexibility index (Phi) is 6.73. The third kappa shape index (κ3) is 5.40. The first-order chi connectivity index (χ1) is 15.2. The Hall–Kier alpha value is -3.93. The summed E-state index contributed by atoms with van der Waals surface area (Å²) in [5.74, 6) is -0.737. The number of anilines is 1. The summed E-state index contributed by atoms with van der Waals surface area (Å²) in [6.45, 7) is 3.08. The third-order valence-corrected chi connectivity index (χ3v) is 5.22. The summed E-state index contributed by atoms with van der Waals surface area (Å²) in [5, 5.41) is 12.1. The van der Waals surface area contributed by atoms with Crippen molar-refractivity contribution in [2.24, 2.45) is 5.41 Å². The maximum absolute atomic E-state index is 12.4. The van der Waals surface area contributed by atoms with Crippen molar-refractivity contribution in [2.75, 3.05) is 12.4 Å². The fraction of sp³-hybridized carbons (Fsp3) is 0.192. The van der Waals surface area contributed by atoms with Gasteiger partial charge in [-0.2, -0.15) is 0 Å². The monoisotopic (exact) mass is 431 g/mol. The Labute approximate surface area is 186 Å². The molecule has 0 aromatic heterocycles. The minimum atomic E-state index is -1.11. The van der Waals surface area contributed by atoms with E-state index in [1.807, 2.05) is 36.4 Å². The first kappa shape index (κ1) is 22.7. The summed E-state index contributed by atoms with van der Waals surface area (Å²) in [5.41, 5.74) is 2.40. The second-order valence-corrected chi connectivity index (χ2v) is 8.13. The van der Waals surface area contributed by atoms with Crippen LogP contribution in [0.15, 0.2) is 72.8 Å². The molecular formula is C26H25NO5. The van der Waals surface area contributed by atoms with E-state index in [1.54, 1.807) is 43.5 Å². The molecule has 0 saturated carbocycles. The van der Waals surface area contributed by atoms with E-state index in [-0.39, 0.29) is 18.1 Å². The van der Waals surface area contributed by atoms with Gasteiger partial charge in [0.2, 0.25) is 0 Å². The summed E-state index contributed by atoms with van der Waals surface area (Å²) < 4.78 is 5.10. The summed E-state index contributed by atoms with van der Waals surface area (Å²) in [7, 11) is 1.57. The molecule has 0 aliphatic carbocycles. The molecule has 0 heterocycles. The Morgan fingerprint density at radius 2 is 1.31 bits per heavy atom. The second-order valence-electron chi connectivity index (χ2n) is 8.13. The van der Waals surface area contributed by atoms with Crippen LogP contribution in [0.4, 0.5) is 5.69 Å². The van der Waals surface area contributed by atoms with E-state index >= 15 is 0 Å². The molecule has 0 aliphatic heterocycles. The minimum Gasteiger partial charge on any atom is -0.497 e. The van der Waals surface area contributed by atoms with Crippen molar-refractivity contribution in [3.05, 3.63) is 83.9 Å². The fourth-order valence-corrected chi connectivity index (χ4v) is 3.12. The predicted molar refractivity (Wildman–Crippen MR) is 123 cm³/mol. The zero-order chi connectivity index (χ0) is 23.3. The molecule has 2 N–H and O–H groups in total. The Bertz CT molecular complexity index is 1110. The van der Waals surface area contributed by atoms with Crippen LogP contribution in [-0.2, 0) is 4.79 Å². The normalized spacial score (nSPS) is 11.0. The molecule has 3 aromatic carbocycles. The van der Waals surface area contributed by atoms with Gasteiger partial charge in [0, 0.05) is 23.2 Å². The van der Waals surface area contributed by atoms with Crippen LogP contribution in [0.5, 0.6) is 5.75 Å². The maximum atomic E-state index is 12.4. The van der Waals surface area contributed by atoms with Crippen molar-refractivity contribution in [1.82, 2.24) is 0 Å². The van der Waals surface area contributed by atoms with Gasteiger partial charge in [-0.3, -0.25) is 14.4 Å². The standard InChI is InChI=1S/C26H25NO5/c1-26(2,25(30)31)16-23(28)19-6-4-17(5-7-19)18-8-12-21(13-9-18)27-24(29)20-10-14-22(32-3)15-11-20/h4-15H,16H2,1-3H3,(H,27,29)(H,30,31). The van der Waals surface area contributed by atoms with Gasteiger partial charge in [-0.25, -0.2) is 0 Å². The van der Waals surface area contributed by atoms with Crippen molar-refractivity contribution < 1.29 is 24.2 Å². The van der Waals surface area contributed by atoms with Gasteiger partial charge in [-0.1, -0.05) is 36.4 Å². The van der Waals surface area contributed by atoms with E-state index in [1.165, 1.54) is 13.8 Å². The number of Topliss-reactive ketones (excluding diaryl/α,β-unsaturated/α-hetero) is 1. The first-order valence-electron chi connectivity index (χ1n) is 10.1. The van der Waals surface area contributed by atoms with Gasteiger partial charge in [-0.05, 0) is 61.4 Å². The maximum Gasteiger partial charge on any atom is 0.309 e. The number of nitrogens with one attached hydrogen (secondary N) is 1. The van der Waals surface area contributed by atoms with E-state index in [0.717, 1.165) is 11.1 Å². The molecule has 1 amide bonds. The van der Waals surface area contributed by atoms with Gasteiger partial charge in [0.15, 0.2) is 5.78 Å². The van der Waals surface area contributed by atoms with Crippen LogP contribution in [0, 0.1) is 5.41 Å². The predicted octanol–water partition coefficient (Wildman–Crippen LogP) is 5.30. The SMILES string of the molecule is COc1ccc(C(=O)Nc2ccc(-c3ccc(C(=O)CC(C)(C)C(=O)O)cc3)cc2)cc1. The van der Waals surface area contributed by atoms with Crippen molar-refractivity contribution in [1.29, 1.82) is 0 Å².